The SMILES string of the molecule is CC[C@@H]1C[C@@H](O)CN1C(=O)c1cc(OC)c(OCCCCCOc2cc([N+](=O)[O-])c(C(=O)N3CC(=O)C[C@H]3CO[Si](C)(C)C(C)(C)C)cc2C)cc1[N+](=O)[O-]. The number of carbonyl (C=O) groups excluding carboxylic acids is 3. The van der Waals surface area contributed by atoms with Crippen molar-refractivity contribution in [3.8, 4) is 17.2 Å². The minimum atomic E-state index is -2.17. The zero-order valence-corrected chi connectivity index (χ0v) is 34.0. The van der Waals surface area contributed by atoms with E-state index in [9.17, 15) is 39.7 Å². The average molecular weight is 787 g/mol. The Balaban J connectivity index is 1.34. The molecule has 16 nitrogen and oxygen atoms in total. The second-order valence-corrected chi connectivity index (χ2v) is 20.5. The molecule has 0 unspecified atom stereocenters. The van der Waals surface area contributed by atoms with E-state index < -0.39 is 53.5 Å². The Labute approximate surface area is 322 Å². The molecule has 2 aliphatic rings. The highest BCUT2D eigenvalue weighted by Gasteiger charge is 2.42. The summed E-state index contributed by atoms with van der Waals surface area (Å²) in [7, 11) is -0.799. The zero-order valence-electron chi connectivity index (χ0n) is 33.0. The van der Waals surface area contributed by atoms with Crippen LogP contribution in [-0.4, -0.2) is 109 Å². The number of hydrogen-bond acceptors (Lipinski definition) is 12. The molecule has 2 saturated heterocycles. The van der Waals surface area contributed by atoms with Crippen LogP contribution in [0.15, 0.2) is 24.3 Å². The van der Waals surface area contributed by atoms with Gasteiger partial charge in [0, 0.05) is 25.1 Å². The van der Waals surface area contributed by atoms with E-state index in [1.165, 1.54) is 41.2 Å². The molecule has 17 heteroatoms. The van der Waals surface area contributed by atoms with Crippen molar-refractivity contribution >= 4 is 37.3 Å². The Kier molecular flexibility index (Phi) is 14.0. The number of aryl methyl sites for hydroxylation is 1. The Morgan fingerprint density at radius 3 is 2.02 bits per heavy atom. The van der Waals surface area contributed by atoms with Gasteiger partial charge in [-0.3, -0.25) is 34.6 Å². The molecule has 1 N–H and O–H groups in total. The van der Waals surface area contributed by atoms with E-state index in [0.29, 0.717) is 37.7 Å². The number of β-amino-alcohol motifs (C(OH)–C–C–N with tert-alkyl or cyclic N) is 1. The van der Waals surface area contributed by atoms with Gasteiger partial charge in [-0.25, -0.2) is 0 Å². The summed E-state index contributed by atoms with van der Waals surface area (Å²) in [5, 5.41) is 34.1. The summed E-state index contributed by atoms with van der Waals surface area (Å²) in [6, 6.07) is 4.41. The minimum absolute atomic E-state index is 0.0704. The second-order valence-electron chi connectivity index (χ2n) is 15.7. The number of aliphatic hydroxyl groups excluding tert-OH is 1. The minimum Gasteiger partial charge on any atom is -0.493 e. The molecular weight excluding hydrogens is 733 g/mol. The standard InChI is InChI=1S/C38H54N4O12Si/c1-9-25-16-27(43)21-39(25)37(46)30-18-34(51-6)35(20-32(30)42(49)50)53-14-12-10-11-13-52-33-19-31(41(47)48)29(15-24(33)2)36(45)40-22-28(44)17-26(40)23-54-55(7,8)38(3,4)5/h15,18-20,25-27,43H,9-14,16-17,21-23H2,1-8H3/t25-,26+,27-/m1/s1. The number of nitro benzene ring substituents is 2. The Hall–Kier alpha value is -4.61. The lowest BCUT2D eigenvalue weighted by molar-refractivity contribution is -0.385. The predicted molar refractivity (Wildman–Crippen MR) is 206 cm³/mol. The zero-order chi connectivity index (χ0) is 40.8. The fourth-order valence-corrected chi connectivity index (χ4v) is 7.59. The summed E-state index contributed by atoms with van der Waals surface area (Å²) >= 11 is 0. The van der Waals surface area contributed by atoms with Gasteiger partial charge < -0.3 is 33.5 Å². The van der Waals surface area contributed by atoms with Crippen molar-refractivity contribution in [2.24, 2.45) is 0 Å². The molecule has 4 rings (SSSR count). The number of unbranched alkanes of at least 4 members (excludes halogenated alkanes) is 2. The number of amides is 2. The average Bonchev–Trinajstić information content (AvgIpc) is 3.70. The van der Waals surface area contributed by atoms with Crippen LogP contribution in [0.3, 0.4) is 0 Å². The van der Waals surface area contributed by atoms with E-state index in [-0.39, 0.29) is 84.6 Å². The first-order chi connectivity index (χ1) is 25.8. The number of carbonyl (C=O) groups is 3. The predicted octanol–water partition coefficient (Wildman–Crippen LogP) is 6.24. The van der Waals surface area contributed by atoms with Crippen LogP contribution < -0.4 is 14.2 Å². The van der Waals surface area contributed by atoms with Crippen molar-refractivity contribution < 1.29 is 48.0 Å². The molecule has 55 heavy (non-hydrogen) atoms. The van der Waals surface area contributed by atoms with Crippen LogP contribution in [0.4, 0.5) is 11.4 Å². The fourth-order valence-electron chi connectivity index (χ4n) is 6.55. The van der Waals surface area contributed by atoms with Crippen molar-refractivity contribution in [1.82, 2.24) is 9.80 Å². The third kappa shape index (κ3) is 10.2. The monoisotopic (exact) mass is 786 g/mol. The quantitative estimate of drug-likeness (QED) is 0.0820. The maximum absolute atomic E-state index is 13.7. The number of nitrogens with zero attached hydrogens (tertiary/aromatic N) is 4. The van der Waals surface area contributed by atoms with Gasteiger partial charge in [0.2, 0.25) is 0 Å². The third-order valence-corrected chi connectivity index (χ3v) is 15.3. The molecule has 2 amide bonds. The highest BCUT2D eigenvalue weighted by molar-refractivity contribution is 6.74. The number of rotatable bonds is 17. The van der Waals surface area contributed by atoms with Crippen LogP contribution in [0.5, 0.6) is 17.2 Å². The van der Waals surface area contributed by atoms with E-state index in [2.05, 4.69) is 33.9 Å². The first-order valence-electron chi connectivity index (χ1n) is 18.7. The molecule has 0 bridgehead atoms. The van der Waals surface area contributed by atoms with Gasteiger partial charge in [0.15, 0.2) is 25.6 Å². The van der Waals surface area contributed by atoms with Crippen LogP contribution in [0.25, 0.3) is 0 Å². The summed E-state index contributed by atoms with van der Waals surface area (Å²) in [4.78, 5) is 65.2. The van der Waals surface area contributed by atoms with Gasteiger partial charge in [-0.05, 0) is 68.8 Å². The lowest BCUT2D eigenvalue weighted by Crippen LogP contribution is -2.46. The Morgan fingerprint density at radius 2 is 1.45 bits per heavy atom. The molecule has 0 spiro atoms. The number of aliphatic hydroxyl groups is 1. The summed E-state index contributed by atoms with van der Waals surface area (Å²) in [5.41, 5.74) is -0.576. The van der Waals surface area contributed by atoms with E-state index in [4.69, 9.17) is 18.6 Å². The van der Waals surface area contributed by atoms with Crippen LogP contribution in [0.1, 0.15) is 92.5 Å². The molecule has 302 valence electrons. The smallest absolute Gasteiger partial charge is 0.286 e. The van der Waals surface area contributed by atoms with E-state index in [0.717, 1.165) is 0 Å². The van der Waals surface area contributed by atoms with Gasteiger partial charge >= 0.3 is 0 Å². The number of ketones is 1. The van der Waals surface area contributed by atoms with Crippen molar-refractivity contribution in [1.29, 1.82) is 0 Å². The number of Topliss-reactive ketones (excluding diaryl/α,β-unsaturated/α-hetero) is 1. The molecule has 0 radical (unpaired) electrons. The number of hydrogen-bond donors (Lipinski definition) is 1. The molecule has 2 aromatic carbocycles. The first-order valence-corrected chi connectivity index (χ1v) is 21.6. The van der Waals surface area contributed by atoms with Crippen LogP contribution >= 0.6 is 0 Å². The van der Waals surface area contributed by atoms with Crippen LogP contribution in [-0.2, 0) is 9.22 Å². The number of methoxy groups -OCH3 is 1. The van der Waals surface area contributed by atoms with Crippen molar-refractivity contribution in [3.63, 3.8) is 0 Å². The molecule has 2 fully saturated rings. The molecule has 0 aromatic heterocycles. The topological polar surface area (TPSA) is 201 Å². The molecular formula is C38H54N4O12Si. The molecule has 3 atom stereocenters. The van der Waals surface area contributed by atoms with Gasteiger partial charge in [-0.1, -0.05) is 27.7 Å². The van der Waals surface area contributed by atoms with Gasteiger partial charge in [0.1, 0.15) is 16.9 Å². The fraction of sp³-hybridized carbons (Fsp3) is 0.605. The van der Waals surface area contributed by atoms with Crippen molar-refractivity contribution in [2.75, 3.05) is 40.0 Å². The maximum Gasteiger partial charge on any atom is 0.286 e. The molecule has 2 heterocycles. The molecule has 0 saturated carbocycles. The normalized spacial score (nSPS) is 18.8. The maximum atomic E-state index is 13.7. The summed E-state index contributed by atoms with van der Waals surface area (Å²) in [6.07, 6.45) is 2.15. The number of nitro groups is 2. The number of ether oxygens (including phenoxy) is 3. The van der Waals surface area contributed by atoms with Crippen LogP contribution in [0.2, 0.25) is 18.1 Å². The molecule has 0 aliphatic carbocycles. The lowest BCUT2D eigenvalue weighted by atomic mass is 10.1. The molecule has 2 aromatic rings. The lowest BCUT2D eigenvalue weighted by Gasteiger charge is -2.37. The van der Waals surface area contributed by atoms with E-state index >= 15 is 0 Å². The number of likely N-dealkylation sites (tertiary alicyclic amines) is 2. The van der Waals surface area contributed by atoms with Crippen molar-refractivity contribution in [2.45, 2.75) is 109 Å². The summed E-state index contributed by atoms with van der Waals surface area (Å²) in [6.45, 7) is 14.6. The summed E-state index contributed by atoms with van der Waals surface area (Å²) in [5.74, 6) is -0.750. The highest BCUT2D eigenvalue weighted by atomic mass is 28.4. The second kappa shape index (κ2) is 17.9. The van der Waals surface area contributed by atoms with E-state index in [1.54, 1.807) is 6.92 Å². The highest BCUT2D eigenvalue weighted by Crippen LogP contribution is 2.39. The van der Waals surface area contributed by atoms with Gasteiger partial charge in [0.05, 0.1) is 67.6 Å². The molecule has 2 aliphatic heterocycles. The van der Waals surface area contributed by atoms with Crippen LogP contribution in [0, 0.1) is 27.2 Å². The third-order valence-electron chi connectivity index (χ3n) is 10.8. The first kappa shape index (κ1) is 43.1. The van der Waals surface area contributed by atoms with Gasteiger partial charge in [0.25, 0.3) is 23.2 Å². The van der Waals surface area contributed by atoms with Gasteiger partial charge in [-0.15, -0.1) is 0 Å². The Bertz CT molecular complexity index is 1780. The number of benzene rings is 2. The van der Waals surface area contributed by atoms with Gasteiger partial charge in [-0.2, -0.15) is 0 Å². The van der Waals surface area contributed by atoms with Crippen molar-refractivity contribution in [3.05, 3.63) is 61.2 Å². The Morgan fingerprint density at radius 1 is 0.891 bits per heavy atom. The largest absolute Gasteiger partial charge is 0.493 e. The summed E-state index contributed by atoms with van der Waals surface area (Å²) < 4.78 is 23.4. The van der Waals surface area contributed by atoms with E-state index in [1.807, 2.05) is 6.92 Å².